The van der Waals surface area contributed by atoms with Gasteiger partial charge in [-0.15, -0.1) is 0 Å². The van der Waals surface area contributed by atoms with Crippen molar-refractivity contribution in [2.75, 3.05) is 0 Å². The topological polar surface area (TPSA) is 3.24 Å². The first kappa shape index (κ1) is 26.6. The van der Waals surface area contributed by atoms with E-state index in [1.54, 1.807) is 0 Å². The van der Waals surface area contributed by atoms with Gasteiger partial charge in [-0.05, 0) is 175 Å². The summed E-state index contributed by atoms with van der Waals surface area (Å²) in [5.74, 6) is 5.44. The highest BCUT2D eigenvalue weighted by Crippen LogP contribution is 2.66. The summed E-state index contributed by atoms with van der Waals surface area (Å²) in [6, 6.07) is 1.46. The number of fused-ring (bicyclic) bond motifs is 7. The second kappa shape index (κ2) is 16.3. The smallest absolute Gasteiger partial charge is 0.0269 e. The lowest BCUT2D eigenvalue weighted by Crippen LogP contribution is -2.53. The molecule has 51 heavy (non-hydrogen) atoms. The molecule has 1 nitrogen and oxygen atoms in total. The Bertz CT molecular complexity index is 1390. The number of nitrogens with zero attached hydrogens (tertiary/aromatic N) is 1. The van der Waals surface area contributed by atoms with Crippen LogP contribution in [0, 0.1) is 59.2 Å². The number of rotatable bonds is 6. The van der Waals surface area contributed by atoms with Crippen molar-refractivity contribution >= 4 is 23.5 Å². The highest BCUT2D eigenvalue weighted by Gasteiger charge is 2.59. The maximum atomic E-state index is 8.92. The fourth-order valence-corrected chi connectivity index (χ4v) is 19.8. The van der Waals surface area contributed by atoms with Crippen LogP contribution in [0.3, 0.4) is 0 Å². The largest absolute Gasteiger partial charge is 0.294 e. The van der Waals surface area contributed by atoms with Gasteiger partial charge < -0.3 is 0 Å². The maximum Gasteiger partial charge on any atom is 0.0269 e. The summed E-state index contributed by atoms with van der Waals surface area (Å²) >= 11 is 4.98. The molecule has 2 saturated heterocycles. The van der Waals surface area contributed by atoms with Crippen LogP contribution in [-0.4, -0.2) is 44.0 Å². The molecule has 288 valence electrons. The van der Waals surface area contributed by atoms with Crippen molar-refractivity contribution in [3.63, 3.8) is 0 Å². The van der Waals surface area contributed by atoms with Gasteiger partial charge in [0.2, 0.25) is 0 Å². The van der Waals surface area contributed by atoms with Gasteiger partial charge in [0.1, 0.15) is 0 Å². The SMILES string of the molecule is [2H]C1C([2H])C([2H])C(C2CCC(N(C3CCC(C4CCCC5C6CCC7SC8CCCCC8C7C6SC45)CC3)C3CCC(C4C([2H])C([2H])C([2H])C([2H])C4[2H])CC3)CC2)C([2H])C1[2H]. The van der Waals surface area contributed by atoms with Crippen LogP contribution in [0.2, 0.25) is 0 Å². The minimum Gasteiger partial charge on any atom is -0.294 e. The molecule has 0 N–H and O–H groups in total. The first-order valence-electron chi connectivity index (χ1n) is 28.5. The normalized spacial score (nSPS) is 69.3. The van der Waals surface area contributed by atoms with E-state index in [0.717, 1.165) is 108 Å². The first-order valence-corrected chi connectivity index (χ1v) is 24.6. The zero-order valence-corrected chi connectivity index (χ0v) is 33.3. The molecule has 8 aliphatic carbocycles. The lowest BCUT2D eigenvalue weighted by atomic mass is 9.62. The van der Waals surface area contributed by atoms with Gasteiger partial charge in [0.15, 0.2) is 0 Å². The molecule has 2 aliphatic heterocycles. The average Bonchev–Trinajstić information content (AvgIpc) is 3.86. The Balaban J connectivity index is 0.825. The maximum absolute atomic E-state index is 8.92. The van der Waals surface area contributed by atoms with E-state index in [9.17, 15) is 0 Å². The lowest BCUT2D eigenvalue weighted by Gasteiger charge is -2.51. The highest BCUT2D eigenvalue weighted by atomic mass is 32.2. The highest BCUT2D eigenvalue weighted by molar-refractivity contribution is 8.02. The minimum atomic E-state index is -0.964. The Kier molecular flexibility index (Phi) is 8.47. The fourth-order valence-electron chi connectivity index (χ4n) is 15.0. The Labute approximate surface area is 338 Å². The third-order valence-electron chi connectivity index (χ3n) is 17.4. The van der Waals surface area contributed by atoms with Crippen LogP contribution in [0.1, 0.15) is 213 Å². The zero-order chi connectivity index (χ0) is 42.4. The van der Waals surface area contributed by atoms with Gasteiger partial charge in [-0.1, -0.05) is 83.2 Å². The van der Waals surface area contributed by atoms with Crippen LogP contribution in [0.4, 0.5) is 0 Å². The monoisotopic (exact) mass is 744 g/mol. The molecule has 2 heterocycles. The van der Waals surface area contributed by atoms with E-state index >= 15 is 0 Å². The predicted molar refractivity (Wildman–Crippen MR) is 222 cm³/mol. The Morgan fingerprint density at radius 1 is 0.353 bits per heavy atom. The quantitative estimate of drug-likeness (QED) is 0.267. The Morgan fingerprint density at radius 2 is 0.863 bits per heavy atom. The molecule has 0 aromatic rings. The van der Waals surface area contributed by atoms with Crippen molar-refractivity contribution in [2.24, 2.45) is 59.2 Å². The van der Waals surface area contributed by atoms with Gasteiger partial charge in [-0.2, -0.15) is 23.5 Å². The number of hydrogen-bond acceptors (Lipinski definition) is 3. The molecule has 17 atom stereocenters. The predicted octanol–water partition coefficient (Wildman–Crippen LogP) is 13.7. The third-order valence-corrected chi connectivity index (χ3v) is 21.2. The van der Waals surface area contributed by atoms with E-state index in [2.05, 4.69) is 28.4 Å². The third kappa shape index (κ3) is 7.25. The van der Waals surface area contributed by atoms with Crippen LogP contribution < -0.4 is 0 Å². The van der Waals surface area contributed by atoms with E-state index in [1.165, 1.54) is 83.5 Å². The Hall–Kier alpha value is 0.660. The molecule has 0 bridgehead atoms. The summed E-state index contributed by atoms with van der Waals surface area (Å²) in [5.41, 5.74) is 0. The molecule has 10 fully saturated rings. The molecule has 17 unspecified atom stereocenters. The van der Waals surface area contributed by atoms with E-state index in [-0.39, 0.29) is 23.7 Å². The van der Waals surface area contributed by atoms with Gasteiger partial charge in [-0.25, -0.2) is 0 Å². The van der Waals surface area contributed by atoms with E-state index in [1.807, 2.05) is 0 Å². The second-order valence-corrected chi connectivity index (χ2v) is 22.4. The summed E-state index contributed by atoms with van der Waals surface area (Å²) in [4.78, 5) is 2.99. The molecular formula is C48H79NS2. The van der Waals surface area contributed by atoms with Crippen molar-refractivity contribution in [3.8, 4) is 0 Å². The molecule has 0 aromatic carbocycles. The fraction of sp³-hybridized carbons (Fsp3) is 1.00. The molecule has 0 radical (unpaired) electrons. The summed E-state index contributed by atoms with van der Waals surface area (Å²) < 4.78 is 86.6. The van der Waals surface area contributed by atoms with Gasteiger partial charge in [0.05, 0.1) is 0 Å². The van der Waals surface area contributed by atoms with Crippen LogP contribution in [0.25, 0.3) is 0 Å². The number of thioether (sulfide) groups is 2. The molecule has 8 saturated carbocycles. The molecule has 0 amide bonds. The standard InChI is InChI=1S/C48H79NS2/c1-3-10-32(11-4-1)34-18-24-37(25-19-34)49(38-26-20-35(21-27-38)33-12-5-2-6-13-33)39-28-22-36(23-29-39)40-15-9-16-41-42-30-31-45-46(48(42)51-47(40)41)43-14-7-8-17-44(43)50-45/h32-48H,1-31H2/i1D,2D,3D,4D,5D,6D,10D,11D,12D,13D. The first-order chi connectivity index (χ1) is 29.4. The summed E-state index contributed by atoms with van der Waals surface area (Å²) in [6.07, 6.45) is 18.0. The molecular weight excluding hydrogens is 655 g/mol. The van der Waals surface area contributed by atoms with E-state index < -0.39 is 64.0 Å². The van der Waals surface area contributed by atoms with Gasteiger partial charge in [-0.3, -0.25) is 4.90 Å². The van der Waals surface area contributed by atoms with Crippen LogP contribution in [0.5, 0.6) is 0 Å². The van der Waals surface area contributed by atoms with Gasteiger partial charge in [0.25, 0.3) is 0 Å². The summed E-state index contributed by atoms with van der Waals surface area (Å²) in [6.45, 7) is 0. The van der Waals surface area contributed by atoms with Gasteiger partial charge >= 0.3 is 0 Å². The molecule has 10 rings (SSSR count). The van der Waals surface area contributed by atoms with Crippen LogP contribution in [-0.2, 0) is 0 Å². The van der Waals surface area contributed by atoms with Crippen molar-refractivity contribution in [3.05, 3.63) is 0 Å². The van der Waals surface area contributed by atoms with Crippen molar-refractivity contribution in [1.29, 1.82) is 0 Å². The van der Waals surface area contributed by atoms with E-state index in [0.29, 0.717) is 18.1 Å². The van der Waals surface area contributed by atoms with Crippen LogP contribution in [0.15, 0.2) is 0 Å². The summed E-state index contributed by atoms with van der Waals surface area (Å²) in [5, 5.41) is 3.72. The average molecular weight is 744 g/mol. The van der Waals surface area contributed by atoms with Crippen molar-refractivity contribution in [1.82, 2.24) is 4.90 Å². The molecule has 10 aliphatic rings. The minimum absolute atomic E-state index is 0.183. The lowest BCUT2D eigenvalue weighted by molar-refractivity contribution is -0.0117. The van der Waals surface area contributed by atoms with E-state index in [4.69, 9.17) is 13.7 Å². The van der Waals surface area contributed by atoms with Crippen molar-refractivity contribution < 1.29 is 13.7 Å². The second-order valence-electron chi connectivity index (χ2n) is 19.5. The summed E-state index contributed by atoms with van der Waals surface area (Å²) in [7, 11) is 0. The Morgan fingerprint density at radius 3 is 1.47 bits per heavy atom. The molecule has 0 aromatic heterocycles. The molecule has 3 heteroatoms. The zero-order valence-electron chi connectivity index (χ0n) is 41.7. The number of hydrogen-bond donors (Lipinski definition) is 0. The molecule has 0 spiro atoms. The van der Waals surface area contributed by atoms with Gasteiger partial charge in [0, 0.05) is 52.8 Å². The van der Waals surface area contributed by atoms with Crippen molar-refractivity contribution in [2.45, 2.75) is 238 Å². The van der Waals surface area contributed by atoms with Crippen LogP contribution >= 0.6 is 23.5 Å².